The number of unbranched alkanes of at least 4 members (excludes halogenated alkanes) is 2. The van der Waals surface area contributed by atoms with E-state index in [0.717, 1.165) is 31.4 Å². The molecule has 0 radical (unpaired) electrons. The summed E-state index contributed by atoms with van der Waals surface area (Å²) >= 11 is 0. The molecule has 0 amide bonds. The molecule has 0 atom stereocenters. The second kappa shape index (κ2) is 8.39. The first kappa shape index (κ1) is 21.8. The number of rotatable bonds is 6. The fourth-order valence-electron chi connectivity index (χ4n) is 2.49. The van der Waals surface area contributed by atoms with Crippen molar-refractivity contribution in [1.29, 1.82) is 5.26 Å². The third-order valence-electron chi connectivity index (χ3n) is 3.97. The molecule has 0 unspecified atom stereocenters. The van der Waals surface area contributed by atoms with Gasteiger partial charge in [0.2, 0.25) is 0 Å². The van der Waals surface area contributed by atoms with E-state index in [1.807, 2.05) is 6.92 Å². The number of allylic oxidation sites excluding steroid dienone is 1. The first-order valence-corrected chi connectivity index (χ1v) is 8.52. The van der Waals surface area contributed by atoms with Crippen LogP contribution in [0.3, 0.4) is 0 Å². The van der Waals surface area contributed by atoms with Crippen molar-refractivity contribution in [3.05, 3.63) is 40.5 Å². The fourth-order valence-corrected chi connectivity index (χ4v) is 2.49. The SMILES string of the molecule is CCCCCc1ccc(C(O)=C(C#N)C(=O)C(C)(C)C)c(C(F)(F)F)c1. The Labute approximate surface area is 152 Å². The van der Waals surface area contributed by atoms with Gasteiger partial charge in [-0.1, -0.05) is 52.7 Å². The topological polar surface area (TPSA) is 61.1 Å². The highest BCUT2D eigenvalue weighted by atomic mass is 19.4. The van der Waals surface area contributed by atoms with E-state index in [-0.39, 0.29) is 0 Å². The summed E-state index contributed by atoms with van der Waals surface area (Å²) in [6, 6.07) is 5.16. The number of hydrogen-bond donors (Lipinski definition) is 1. The second-order valence-corrected chi connectivity index (χ2v) is 7.25. The number of benzene rings is 1. The minimum Gasteiger partial charge on any atom is -0.506 e. The number of carbonyl (C=O) groups is 1. The molecule has 1 rings (SSSR count). The molecule has 0 fully saturated rings. The molecular formula is C20H24F3NO2. The van der Waals surface area contributed by atoms with E-state index in [9.17, 15) is 28.3 Å². The molecule has 0 aromatic heterocycles. The maximum atomic E-state index is 13.5. The average Bonchev–Trinajstić information content (AvgIpc) is 2.53. The number of Topliss-reactive ketones (excluding diaryl/α,β-unsaturated/α-hetero) is 1. The van der Waals surface area contributed by atoms with Gasteiger partial charge in [0.05, 0.1) is 5.56 Å². The van der Waals surface area contributed by atoms with E-state index in [2.05, 4.69) is 0 Å². The van der Waals surface area contributed by atoms with Crippen molar-refractivity contribution in [2.45, 2.75) is 59.6 Å². The molecule has 0 saturated heterocycles. The zero-order valence-electron chi connectivity index (χ0n) is 15.5. The number of hydrogen-bond acceptors (Lipinski definition) is 3. The number of ketones is 1. The highest BCUT2D eigenvalue weighted by molar-refractivity contribution is 6.07. The summed E-state index contributed by atoms with van der Waals surface area (Å²) in [5, 5.41) is 19.5. The molecule has 0 heterocycles. The summed E-state index contributed by atoms with van der Waals surface area (Å²) in [6.07, 6.45) is -1.59. The predicted octanol–water partition coefficient (Wildman–Crippen LogP) is 5.85. The third kappa shape index (κ3) is 5.35. The van der Waals surface area contributed by atoms with Gasteiger partial charge in [0.25, 0.3) is 0 Å². The molecule has 26 heavy (non-hydrogen) atoms. The average molecular weight is 367 g/mol. The number of aliphatic hydroxyl groups is 1. The molecular weight excluding hydrogens is 343 g/mol. The lowest BCUT2D eigenvalue weighted by molar-refractivity contribution is -0.138. The minimum atomic E-state index is -4.71. The lowest BCUT2D eigenvalue weighted by Gasteiger charge is -2.18. The van der Waals surface area contributed by atoms with Gasteiger partial charge in [-0.05, 0) is 24.5 Å². The molecule has 0 spiro atoms. The molecule has 3 nitrogen and oxygen atoms in total. The van der Waals surface area contributed by atoms with Crippen molar-refractivity contribution < 1.29 is 23.1 Å². The van der Waals surface area contributed by atoms with E-state index < -0.39 is 39.8 Å². The first-order chi connectivity index (χ1) is 11.9. The Hall–Kier alpha value is -2.29. The van der Waals surface area contributed by atoms with Gasteiger partial charge in [-0.3, -0.25) is 4.79 Å². The molecule has 0 aliphatic rings. The van der Waals surface area contributed by atoms with Crippen LogP contribution in [-0.2, 0) is 17.4 Å². The van der Waals surface area contributed by atoms with Crippen LogP contribution in [0.5, 0.6) is 0 Å². The van der Waals surface area contributed by atoms with Crippen molar-refractivity contribution in [2.24, 2.45) is 5.41 Å². The van der Waals surface area contributed by atoms with Gasteiger partial charge in [-0.25, -0.2) is 0 Å². The predicted molar refractivity (Wildman–Crippen MR) is 94.3 cm³/mol. The largest absolute Gasteiger partial charge is 0.506 e. The van der Waals surface area contributed by atoms with Crippen LogP contribution in [-0.4, -0.2) is 10.9 Å². The molecule has 1 aromatic carbocycles. The number of nitrogens with zero attached hydrogens (tertiary/aromatic N) is 1. The molecule has 1 N–H and O–H groups in total. The van der Waals surface area contributed by atoms with Crippen LogP contribution in [0.25, 0.3) is 5.76 Å². The Morgan fingerprint density at radius 3 is 2.27 bits per heavy atom. The van der Waals surface area contributed by atoms with Crippen LogP contribution in [0.15, 0.2) is 23.8 Å². The number of halogens is 3. The Bertz CT molecular complexity index is 735. The Morgan fingerprint density at radius 2 is 1.81 bits per heavy atom. The maximum Gasteiger partial charge on any atom is 0.417 e. The van der Waals surface area contributed by atoms with E-state index in [1.165, 1.54) is 26.8 Å². The van der Waals surface area contributed by atoms with E-state index in [0.29, 0.717) is 12.0 Å². The fraction of sp³-hybridized carbons (Fsp3) is 0.500. The molecule has 142 valence electrons. The molecule has 1 aromatic rings. The van der Waals surface area contributed by atoms with E-state index in [1.54, 1.807) is 6.07 Å². The van der Waals surface area contributed by atoms with E-state index >= 15 is 0 Å². The van der Waals surface area contributed by atoms with Gasteiger partial charge in [-0.15, -0.1) is 0 Å². The highest BCUT2D eigenvalue weighted by Gasteiger charge is 2.36. The van der Waals surface area contributed by atoms with Crippen LogP contribution < -0.4 is 0 Å². The smallest absolute Gasteiger partial charge is 0.417 e. The molecule has 0 aliphatic carbocycles. The van der Waals surface area contributed by atoms with Crippen LogP contribution in [0.2, 0.25) is 0 Å². The number of nitriles is 1. The lowest BCUT2D eigenvalue weighted by Crippen LogP contribution is -2.23. The van der Waals surface area contributed by atoms with Crippen molar-refractivity contribution >= 4 is 11.5 Å². The summed E-state index contributed by atoms with van der Waals surface area (Å²) in [7, 11) is 0. The number of aryl methyl sites for hydroxylation is 1. The van der Waals surface area contributed by atoms with Crippen LogP contribution >= 0.6 is 0 Å². The van der Waals surface area contributed by atoms with Gasteiger partial charge in [0, 0.05) is 11.0 Å². The lowest BCUT2D eigenvalue weighted by atomic mass is 9.85. The highest BCUT2D eigenvalue weighted by Crippen LogP contribution is 2.37. The summed E-state index contributed by atoms with van der Waals surface area (Å²) in [4.78, 5) is 12.3. The van der Waals surface area contributed by atoms with Gasteiger partial charge < -0.3 is 5.11 Å². The molecule has 6 heteroatoms. The van der Waals surface area contributed by atoms with Crippen molar-refractivity contribution in [1.82, 2.24) is 0 Å². The zero-order valence-corrected chi connectivity index (χ0v) is 15.5. The zero-order chi connectivity index (χ0) is 20.1. The number of alkyl halides is 3. The first-order valence-electron chi connectivity index (χ1n) is 8.52. The van der Waals surface area contributed by atoms with Gasteiger partial charge >= 0.3 is 6.18 Å². The molecule has 0 saturated carbocycles. The van der Waals surface area contributed by atoms with Crippen molar-refractivity contribution in [3.8, 4) is 6.07 Å². The maximum absolute atomic E-state index is 13.5. The summed E-state index contributed by atoms with van der Waals surface area (Å²) in [5.41, 5.74) is -2.76. The van der Waals surface area contributed by atoms with Gasteiger partial charge in [0.1, 0.15) is 17.4 Å². The number of carbonyl (C=O) groups excluding carboxylic acids is 1. The molecule has 0 aliphatic heterocycles. The second-order valence-electron chi connectivity index (χ2n) is 7.25. The Morgan fingerprint density at radius 1 is 1.19 bits per heavy atom. The van der Waals surface area contributed by atoms with Crippen LogP contribution in [0.1, 0.15) is 63.6 Å². The standard InChI is InChI=1S/C20H24F3NO2/c1-5-6-7-8-13-9-10-14(16(11-13)20(21,22)23)17(25)15(12-24)18(26)19(2,3)4/h9-11,25H,5-8H2,1-4H3. The van der Waals surface area contributed by atoms with E-state index in [4.69, 9.17) is 0 Å². The molecule has 0 bridgehead atoms. The van der Waals surface area contributed by atoms with Gasteiger partial charge in [0.15, 0.2) is 5.78 Å². The minimum absolute atomic E-state index is 0.494. The monoisotopic (exact) mass is 367 g/mol. The Balaban J connectivity index is 3.48. The van der Waals surface area contributed by atoms with Crippen molar-refractivity contribution in [2.75, 3.05) is 0 Å². The summed E-state index contributed by atoms with van der Waals surface area (Å²) in [5.74, 6) is -1.64. The van der Waals surface area contributed by atoms with Crippen LogP contribution in [0.4, 0.5) is 13.2 Å². The summed E-state index contributed by atoms with van der Waals surface area (Å²) < 4.78 is 40.4. The van der Waals surface area contributed by atoms with Crippen LogP contribution in [0, 0.1) is 16.7 Å². The Kier molecular flexibility index (Phi) is 7.02. The summed E-state index contributed by atoms with van der Waals surface area (Å²) in [6.45, 7) is 6.59. The third-order valence-corrected chi connectivity index (χ3v) is 3.97. The van der Waals surface area contributed by atoms with Crippen molar-refractivity contribution in [3.63, 3.8) is 0 Å². The quantitative estimate of drug-likeness (QED) is 0.297. The normalized spacial score (nSPS) is 13.2. The number of aliphatic hydroxyl groups excluding tert-OH is 1. The van der Waals surface area contributed by atoms with Gasteiger partial charge in [-0.2, -0.15) is 18.4 Å².